The monoisotopic (exact) mass is 324 g/mol. The van der Waals surface area contributed by atoms with Crippen LogP contribution in [-0.4, -0.2) is 6.29 Å². The van der Waals surface area contributed by atoms with Gasteiger partial charge in [-0.3, -0.25) is 4.79 Å². The Kier molecular flexibility index (Phi) is 3.56. The van der Waals surface area contributed by atoms with Gasteiger partial charge in [-0.2, -0.15) is 0 Å². The Hall–Kier alpha value is -1.36. The minimum atomic E-state index is 0.558. The number of rotatable bonds is 3. The zero-order chi connectivity index (χ0) is 11.4. The van der Waals surface area contributed by atoms with Gasteiger partial charge in [0.25, 0.3) is 0 Å². The molecule has 16 heavy (non-hydrogen) atoms. The maximum Gasteiger partial charge on any atom is 0.153 e. The highest BCUT2D eigenvalue weighted by molar-refractivity contribution is 14.1. The van der Waals surface area contributed by atoms with E-state index in [2.05, 4.69) is 22.6 Å². The number of ether oxygens (including phenoxy) is 1. The number of aldehydes is 1. The Morgan fingerprint density at radius 3 is 2.25 bits per heavy atom. The molecular formula is C13H9IO2. The van der Waals surface area contributed by atoms with E-state index in [9.17, 15) is 4.79 Å². The molecule has 0 aliphatic carbocycles. The molecule has 0 N–H and O–H groups in total. The quantitative estimate of drug-likeness (QED) is 0.632. The van der Waals surface area contributed by atoms with Gasteiger partial charge in [0.15, 0.2) is 6.29 Å². The highest BCUT2D eigenvalue weighted by Gasteiger charge is 2.05. The molecular weight excluding hydrogens is 315 g/mol. The van der Waals surface area contributed by atoms with Crippen molar-refractivity contribution in [2.24, 2.45) is 0 Å². The third kappa shape index (κ3) is 2.41. The first-order valence-electron chi connectivity index (χ1n) is 4.78. The minimum Gasteiger partial charge on any atom is -0.456 e. The zero-order valence-corrected chi connectivity index (χ0v) is 10.5. The van der Waals surface area contributed by atoms with Crippen molar-refractivity contribution in [3.05, 3.63) is 57.7 Å². The first-order chi connectivity index (χ1) is 7.81. The zero-order valence-electron chi connectivity index (χ0n) is 8.39. The van der Waals surface area contributed by atoms with Gasteiger partial charge in [-0.05, 0) is 46.9 Å². The number of hydrogen-bond donors (Lipinski definition) is 0. The van der Waals surface area contributed by atoms with E-state index < -0.39 is 0 Å². The topological polar surface area (TPSA) is 26.3 Å². The van der Waals surface area contributed by atoms with E-state index in [1.54, 1.807) is 12.1 Å². The molecule has 3 heteroatoms. The predicted octanol–water partition coefficient (Wildman–Crippen LogP) is 3.90. The molecule has 0 bridgehead atoms. The molecule has 2 aromatic rings. The summed E-state index contributed by atoms with van der Waals surface area (Å²) in [5, 5.41) is 0. The second-order valence-electron chi connectivity index (χ2n) is 3.19. The van der Waals surface area contributed by atoms with Crippen molar-refractivity contribution < 1.29 is 9.53 Å². The lowest BCUT2D eigenvalue weighted by Gasteiger charge is -2.08. The first-order valence-corrected chi connectivity index (χ1v) is 5.86. The molecule has 0 fully saturated rings. The lowest BCUT2D eigenvalue weighted by Crippen LogP contribution is -1.91. The summed E-state index contributed by atoms with van der Waals surface area (Å²) >= 11 is 2.20. The highest BCUT2D eigenvalue weighted by atomic mass is 127. The van der Waals surface area contributed by atoms with Gasteiger partial charge in [0.05, 0.1) is 9.13 Å². The fraction of sp³-hybridized carbons (Fsp3) is 0. The second-order valence-corrected chi connectivity index (χ2v) is 4.35. The van der Waals surface area contributed by atoms with Gasteiger partial charge < -0.3 is 4.74 Å². The summed E-state index contributed by atoms with van der Waals surface area (Å²) in [6.07, 6.45) is 0.797. The third-order valence-corrected chi connectivity index (χ3v) is 2.99. The SMILES string of the molecule is O=Cc1ccccc1Oc1ccccc1I. The van der Waals surface area contributed by atoms with E-state index in [-0.39, 0.29) is 0 Å². The van der Waals surface area contributed by atoms with Gasteiger partial charge in [0.2, 0.25) is 0 Å². The normalized spacial score (nSPS) is 9.81. The second kappa shape index (κ2) is 5.12. The van der Waals surface area contributed by atoms with E-state index >= 15 is 0 Å². The fourth-order valence-electron chi connectivity index (χ4n) is 1.32. The van der Waals surface area contributed by atoms with Gasteiger partial charge in [0.1, 0.15) is 11.5 Å². The van der Waals surface area contributed by atoms with Crippen molar-refractivity contribution in [2.75, 3.05) is 0 Å². The molecule has 2 aromatic carbocycles. The first kappa shape index (κ1) is 11.1. The molecule has 2 nitrogen and oxygen atoms in total. The lowest BCUT2D eigenvalue weighted by atomic mass is 10.2. The summed E-state index contributed by atoms with van der Waals surface area (Å²) in [5.41, 5.74) is 0.558. The Balaban J connectivity index is 2.34. The summed E-state index contributed by atoms with van der Waals surface area (Å²) in [6, 6.07) is 14.9. The van der Waals surface area contributed by atoms with Crippen LogP contribution >= 0.6 is 22.6 Å². The molecule has 0 amide bonds. The number of benzene rings is 2. The summed E-state index contributed by atoms with van der Waals surface area (Å²) < 4.78 is 6.71. The number of carbonyl (C=O) groups is 1. The average Bonchev–Trinajstić information content (AvgIpc) is 2.33. The van der Waals surface area contributed by atoms with Crippen molar-refractivity contribution in [2.45, 2.75) is 0 Å². The molecule has 0 aliphatic heterocycles. The maximum absolute atomic E-state index is 10.8. The van der Waals surface area contributed by atoms with E-state index in [0.29, 0.717) is 11.3 Å². The van der Waals surface area contributed by atoms with Crippen LogP contribution in [0, 0.1) is 3.57 Å². The molecule has 2 rings (SSSR count). The van der Waals surface area contributed by atoms with Crippen molar-refractivity contribution in [3.8, 4) is 11.5 Å². The van der Waals surface area contributed by atoms with Crippen molar-refractivity contribution >= 4 is 28.9 Å². The fourth-order valence-corrected chi connectivity index (χ4v) is 1.81. The van der Waals surface area contributed by atoms with Gasteiger partial charge in [0, 0.05) is 0 Å². The molecule has 80 valence electrons. The molecule has 0 atom stereocenters. The lowest BCUT2D eigenvalue weighted by molar-refractivity contribution is 0.112. The van der Waals surface area contributed by atoms with Crippen LogP contribution in [0.5, 0.6) is 11.5 Å². The smallest absolute Gasteiger partial charge is 0.153 e. The molecule has 0 spiro atoms. The largest absolute Gasteiger partial charge is 0.456 e. The van der Waals surface area contributed by atoms with Gasteiger partial charge in [-0.1, -0.05) is 24.3 Å². The van der Waals surface area contributed by atoms with E-state index in [4.69, 9.17) is 4.74 Å². The van der Waals surface area contributed by atoms with Crippen LogP contribution in [0.4, 0.5) is 0 Å². The molecule has 0 unspecified atom stereocenters. The van der Waals surface area contributed by atoms with Crippen LogP contribution in [0.2, 0.25) is 0 Å². The Morgan fingerprint density at radius 2 is 1.56 bits per heavy atom. The third-order valence-electron chi connectivity index (χ3n) is 2.10. The predicted molar refractivity (Wildman–Crippen MR) is 71.1 cm³/mol. The molecule has 0 saturated heterocycles. The molecule has 0 saturated carbocycles. The maximum atomic E-state index is 10.8. The molecule has 0 aromatic heterocycles. The Bertz CT molecular complexity index is 509. The van der Waals surface area contributed by atoms with E-state index in [1.165, 1.54) is 0 Å². The molecule has 0 heterocycles. The van der Waals surface area contributed by atoms with Crippen LogP contribution in [-0.2, 0) is 0 Å². The van der Waals surface area contributed by atoms with Gasteiger partial charge in [-0.25, -0.2) is 0 Å². The Labute approximate surface area is 107 Å². The van der Waals surface area contributed by atoms with Crippen molar-refractivity contribution in [1.82, 2.24) is 0 Å². The van der Waals surface area contributed by atoms with Crippen LogP contribution in [0.3, 0.4) is 0 Å². The number of halogens is 1. The van der Waals surface area contributed by atoms with Crippen LogP contribution in [0.15, 0.2) is 48.5 Å². The van der Waals surface area contributed by atoms with Crippen molar-refractivity contribution in [3.63, 3.8) is 0 Å². The van der Waals surface area contributed by atoms with Crippen LogP contribution < -0.4 is 4.74 Å². The highest BCUT2D eigenvalue weighted by Crippen LogP contribution is 2.27. The molecule has 0 aliphatic rings. The number of para-hydroxylation sites is 2. The number of carbonyl (C=O) groups excluding carboxylic acids is 1. The van der Waals surface area contributed by atoms with Crippen molar-refractivity contribution in [1.29, 1.82) is 0 Å². The summed E-state index contributed by atoms with van der Waals surface area (Å²) in [4.78, 5) is 10.8. The van der Waals surface area contributed by atoms with Gasteiger partial charge in [-0.15, -0.1) is 0 Å². The molecule has 0 radical (unpaired) electrons. The summed E-state index contributed by atoms with van der Waals surface area (Å²) in [5.74, 6) is 1.35. The van der Waals surface area contributed by atoms with Crippen LogP contribution in [0.1, 0.15) is 10.4 Å². The van der Waals surface area contributed by atoms with E-state index in [1.807, 2.05) is 36.4 Å². The Morgan fingerprint density at radius 1 is 0.938 bits per heavy atom. The van der Waals surface area contributed by atoms with Gasteiger partial charge >= 0.3 is 0 Å². The van der Waals surface area contributed by atoms with Crippen LogP contribution in [0.25, 0.3) is 0 Å². The number of hydrogen-bond acceptors (Lipinski definition) is 2. The standard InChI is InChI=1S/C13H9IO2/c14-11-6-2-4-8-13(11)16-12-7-3-1-5-10(12)9-15/h1-9H. The van der Waals surface area contributed by atoms with E-state index in [0.717, 1.165) is 15.6 Å². The summed E-state index contributed by atoms with van der Waals surface area (Å²) in [6.45, 7) is 0. The average molecular weight is 324 g/mol. The summed E-state index contributed by atoms with van der Waals surface area (Å²) in [7, 11) is 0. The minimum absolute atomic E-state index is 0.558.